The highest BCUT2D eigenvalue weighted by Gasteiger charge is 2.08. The summed E-state index contributed by atoms with van der Waals surface area (Å²) in [5.74, 6) is 0.968. The van der Waals surface area contributed by atoms with Crippen LogP contribution in [0.15, 0.2) is 42.6 Å². The second kappa shape index (κ2) is 8.28. The van der Waals surface area contributed by atoms with Crippen LogP contribution >= 0.6 is 0 Å². The zero-order valence-electron chi connectivity index (χ0n) is 15.5. The highest BCUT2D eigenvalue weighted by molar-refractivity contribution is 5.68. The number of pyridine rings is 1. The van der Waals surface area contributed by atoms with Crippen molar-refractivity contribution in [3.8, 4) is 17.3 Å². The smallest absolute Gasteiger partial charge is 0.222 e. The molecule has 3 rings (SSSR count). The lowest BCUT2D eigenvalue weighted by molar-refractivity contribution is 0.832. The number of nitrogens with zero attached hydrogens (tertiary/aromatic N) is 4. The molecule has 0 saturated heterocycles. The van der Waals surface area contributed by atoms with E-state index < -0.39 is 0 Å². The summed E-state index contributed by atoms with van der Waals surface area (Å²) >= 11 is 0. The molecule has 0 aliphatic rings. The minimum Gasteiger partial charge on any atom is -0.370 e. The van der Waals surface area contributed by atoms with E-state index in [1.54, 1.807) is 12.3 Å². The van der Waals surface area contributed by atoms with Gasteiger partial charge in [-0.1, -0.05) is 18.2 Å². The molecular formula is C21H22N6. The predicted molar refractivity (Wildman–Crippen MR) is 107 cm³/mol. The van der Waals surface area contributed by atoms with Crippen LogP contribution in [0.3, 0.4) is 0 Å². The number of nitrogens with one attached hydrogen (secondary N) is 1. The zero-order valence-corrected chi connectivity index (χ0v) is 15.5. The van der Waals surface area contributed by atoms with Crippen molar-refractivity contribution >= 4 is 11.8 Å². The molecule has 0 spiro atoms. The van der Waals surface area contributed by atoms with Crippen molar-refractivity contribution in [3.05, 3.63) is 65.0 Å². The maximum Gasteiger partial charge on any atom is 0.222 e. The maximum atomic E-state index is 8.81. The van der Waals surface area contributed by atoms with Crippen molar-refractivity contribution in [2.24, 2.45) is 0 Å². The van der Waals surface area contributed by atoms with Gasteiger partial charge in [-0.05, 0) is 49.9 Å². The van der Waals surface area contributed by atoms with E-state index >= 15 is 0 Å². The lowest BCUT2D eigenvalue weighted by Crippen LogP contribution is -2.08. The largest absolute Gasteiger partial charge is 0.370 e. The van der Waals surface area contributed by atoms with E-state index in [0.717, 1.165) is 36.3 Å². The van der Waals surface area contributed by atoms with Gasteiger partial charge in [0.05, 0.1) is 11.3 Å². The van der Waals surface area contributed by atoms with Gasteiger partial charge in [0.1, 0.15) is 11.9 Å². The fraction of sp³-hybridized carbons (Fsp3) is 0.238. The summed E-state index contributed by atoms with van der Waals surface area (Å²) in [5.41, 5.74) is 11.7. The van der Waals surface area contributed by atoms with Gasteiger partial charge in [0.2, 0.25) is 5.95 Å². The lowest BCUT2D eigenvalue weighted by Gasteiger charge is -2.11. The molecule has 1 aromatic carbocycles. The Labute approximate surface area is 159 Å². The van der Waals surface area contributed by atoms with Gasteiger partial charge in [0.15, 0.2) is 0 Å². The molecule has 136 valence electrons. The van der Waals surface area contributed by atoms with Crippen LogP contribution in [-0.4, -0.2) is 21.5 Å². The lowest BCUT2D eigenvalue weighted by atomic mass is 10.0. The molecule has 2 aromatic heterocycles. The Balaban J connectivity index is 1.64. The summed E-state index contributed by atoms with van der Waals surface area (Å²) in [5, 5.41) is 12.1. The molecule has 6 heteroatoms. The average Bonchev–Trinajstić information content (AvgIpc) is 2.67. The fourth-order valence-electron chi connectivity index (χ4n) is 2.85. The molecule has 0 unspecified atom stereocenters. The molecule has 0 aliphatic heterocycles. The van der Waals surface area contributed by atoms with E-state index in [1.165, 1.54) is 11.1 Å². The third-order valence-electron chi connectivity index (χ3n) is 4.49. The Bertz CT molecular complexity index is 973. The molecule has 0 bridgehead atoms. The number of hydrogen-bond donors (Lipinski definition) is 2. The van der Waals surface area contributed by atoms with Crippen LogP contribution < -0.4 is 11.1 Å². The molecule has 3 N–H and O–H groups in total. The van der Waals surface area contributed by atoms with Crippen LogP contribution in [0.5, 0.6) is 0 Å². The van der Waals surface area contributed by atoms with Crippen LogP contribution in [0.1, 0.15) is 28.8 Å². The van der Waals surface area contributed by atoms with E-state index in [9.17, 15) is 0 Å². The van der Waals surface area contributed by atoms with E-state index in [-0.39, 0.29) is 5.95 Å². The van der Waals surface area contributed by atoms with Gasteiger partial charge in [0, 0.05) is 30.1 Å². The predicted octanol–water partition coefficient (Wildman–Crippen LogP) is 3.65. The standard InChI is InChI=1S/C21H22N6/c1-14-5-3-7-18(15(14)2)19-11-20(27-21(23)26-19)24-10-4-6-17-9-8-16(12-22)13-25-17/h3,5,7-9,11,13H,4,6,10H2,1-2H3,(H3,23,24,26,27). The SMILES string of the molecule is Cc1cccc(-c2cc(NCCCc3ccc(C#N)cn3)nc(N)n2)c1C. The number of nitriles is 1. The van der Waals surface area contributed by atoms with E-state index in [1.807, 2.05) is 24.3 Å². The highest BCUT2D eigenvalue weighted by Crippen LogP contribution is 2.26. The van der Waals surface area contributed by atoms with Crippen LogP contribution in [0.2, 0.25) is 0 Å². The van der Waals surface area contributed by atoms with Crippen LogP contribution in [0, 0.1) is 25.2 Å². The van der Waals surface area contributed by atoms with Crippen molar-refractivity contribution in [1.29, 1.82) is 5.26 Å². The van der Waals surface area contributed by atoms with Gasteiger partial charge < -0.3 is 11.1 Å². The third-order valence-corrected chi connectivity index (χ3v) is 4.49. The van der Waals surface area contributed by atoms with E-state index in [4.69, 9.17) is 11.0 Å². The number of hydrogen-bond acceptors (Lipinski definition) is 6. The Kier molecular flexibility index (Phi) is 5.62. The fourth-order valence-corrected chi connectivity index (χ4v) is 2.85. The number of nitrogens with two attached hydrogens (primary N) is 1. The molecule has 2 heterocycles. The van der Waals surface area contributed by atoms with E-state index in [0.29, 0.717) is 11.4 Å². The molecule has 3 aromatic rings. The van der Waals surface area contributed by atoms with Crippen molar-refractivity contribution in [1.82, 2.24) is 15.0 Å². The molecule has 0 amide bonds. The Morgan fingerprint density at radius 3 is 2.74 bits per heavy atom. The van der Waals surface area contributed by atoms with E-state index in [2.05, 4.69) is 46.3 Å². The monoisotopic (exact) mass is 358 g/mol. The molecule has 0 radical (unpaired) electrons. The van der Waals surface area contributed by atoms with Gasteiger partial charge in [-0.15, -0.1) is 0 Å². The quantitative estimate of drug-likeness (QED) is 0.652. The second-order valence-corrected chi connectivity index (χ2v) is 6.42. The molecule has 0 fully saturated rings. The zero-order chi connectivity index (χ0) is 19.2. The minimum atomic E-state index is 0.254. The summed E-state index contributed by atoms with van der Waals surface area (Å²) in [4.78, 5) is 13.0. The number of rotatable bonds is 6. The van der Waals surface area contributed by atoms with Crippen molar-refractivity contribution in [3.63, 3.8) is 0 Å². The number of aromatic nitrogens is 3. The van der Waals surface area contributed by atoms with Gasteiger partial charge in [-0.25, -0.2) is 4.98 Å². The number of benzene rings is 1. The Morgan fingerprint density at radius 1 is 1.15 bits per heavy atom. The molecule has 0 aliphatic carbocycles. The summed E-state index contributed by atoms with van der Waals surface area (Å²) in [6.45, 7) is 4.91. The third kappa shape index (κ3) is 4.59. The topological polar surface area (TPSA) is 101 Å². The first-order chi connectivity index (χ1) is 13.1. The molecule has 0 atom stereocenters. The summed E-state index contributed by atoms with van der Waals surface area (Å²) in [6, 6.07) is 13.8. The van der Waals surface area contributed by atoms with Crippen LogP contribution in [0.25, 0.3) is 11.3 Å². The number of aryl methyl sites for hydroxylation is 2. The van der Waals surface area contributed by atoms with Gasteiger partial charge in [-0.2, -0.15) is 10.2 Å². The maximum absolute atomic E-state index is 8.81. The van der Waals surface area contributed by atoms with Crippen molar-refractivity contribution in [2.45, 2.75) is 26.7 Å². The molecule has 6 nitrogen and oxygen atoms in total. The molecule has 27 heavy (non-hydrogen) atoms. The van der Waals surface area contributed by atoms with Crippen molar-refractivity contribution < 1.29 is 0 Å². The number of nitrogen functional groups attached to an aromatic ring is 1. The first-order valence-electron chi connectivity index (χ1n) is 8.87. The summed E-state index contributed by atoms with van der Waals surface area (Å²) in [7, 11) is 0. The minimum absolute atomic E-state index is 0.254. The normalized spacial score (nSPS) is 10.4. The first-order valence-corrected chi connectivity index (χ1v) is 8.87. The highest BCUT2D eigenvalue weighted by atomic mass is 15.1. The summed E-state index contributed by atoms with van der Waals surface area (Å²) in [6.07, 6.45) is 3.31. The molecular weight excluding hydrogens is 336 g/mol. The van der Waals surface area contributed by atoms with Gasteiger partial charge >= 0.3 is 0 Å². The average molecular weight is 358 g/mol. The van der Waals surface area contributed by atoms with Crippen LogP contribution in [-0.2, 0) is 6.42 Å². The van der Waals surface area contributed by atoms with Crippen molar-refractivity contribution in [2.75, 3.05) is 17.6 Å². The second-order valence-electron chi connectivity index (χ2n) is 6.42. The number of anilines is 2. The Hall–Kier alpha value is -3.46. The summed E-state index contributed by atoms with van der Waals surface area (Å²) < 4.78 is 0. The van der Waals surface area contributed by atoms with Gasteiger partial charge in [-0.3, -0.25) is 4.98 Å². The first kappa shape index (κ1) is 18.3. The van der Waals surface area contributed by atoms with Crippen LogP contribution in [0.4, 0.5) is 11.8 Å². The van der Waals surface area contributed by atoms with Gasteiger partial charge in [0.25, 0.3) is 0 Å². The molecule has 0 saturated carbocycles. The Morgan fingerprint density at radius 2 is 2.00 bits per heavy atom.